The van der Waals surface area contributed by atoms with Crippen LogP contribution in [0.5, 0.6) is 0 Å². The van der Waals surface area contributed by atoms with Gasteiger partial charge in [-0.3, -0.25) is 0 Å². The van der Waals surface area contributed by atoms with Gasteiger partial charge in [0.1, 0.15) is 10.7 Å². The first kappa shape index (κ1) is 17.9. The van der Waals surface area contributed by atoms with E-state index in [9.17, 15) is 4.79 Å². The fraction of sp³-hybridized carbons (Fsp3) is 0.278. The first-order valence-electron chi connectivity index (χ1n) is 8.15. The number of carbonyl (C=O) groups is 1. The largest absolute Gasteiger partial charge is 0.479 e. The minimum atomic E-state index is -0.465. The molecule has 0 aromatic carbocycles. The van der Waals surface area contributed by atoms with Crippen molar-refractivity contribution in [3.8, 4) is 11.5 Å². The summed E-state index contributed by atoms with van der Waals surface area (Å²) in [5, 5.41) is 5.47. The van der Waals surface area contributed by atoms with Gasteiger partial charge in [0, 0.05) is 5.56 Å². The summed E-state index contributed by atoms with van der Waals surface area (Å²) in [6, 6.07) is 1.80. The minimum absolute atomic E-state index is 0.228. The Bertz CT molecular complexity index is 935. The number of carbonyl (C=O) groups excluding carboxylic acids is 1. The van der Waals surface area contributed by atoms with Crippen molar-refractivity contribution in [2.24, 2.45) is 0 Å². The summed E-state index contributed by atoms with van der Waals surface area (Å²) in [7, 11) is 0. The lowest BCUT2D eigenvalue weighted by atomic mass is 10.2. The van der Waals surface area contributed by atoms with Crippen molar-refractivity contribution in [3.63, 3.8) is 0 Å². The average Bonchev–Trinajstić information content (AvgIpc) is 3.31. The van der Waals surface area contributed by atoms with Crippen LogP contribution in [0.15, 0.2) is 29.8 Å². The number of esters is 1. The second-order valence-electron chi connectivity index (χ2n) is 5.32. The molecule has 8 heteroatoms. The summed E-state index contributed by atoms with van der Waals surface area (Å²) in [5.74, 6) is 0.712. The Morgan fingerprint density at radius 3 is 2.88 bits per heavy atom. The molecule has 0 aliphatic heterocycles. The van der Waals surface area contributed by atoms with Crippen LogP contribution in [-0.2, 0) is 20.7 Å². The zero-order valence-corrected chi connectivity index (χ0v) is 15.5. The van der Waals surface area contributed by atoms with Crippen LogP contribution < -0.4 is 0 Å². The van der Waals surface area contributed by atoms with Crippen molar-refractivity contribution in [2.45, 2.75) is 20.3 Å². The van der Waals surface area contributed by atoms with E-state index in [2.05, 4.69) is 30.2 Å². The number of fused-ring (bicyclic) bond motifs is 1. The molecule has 0 radical (unpaired) electrons. The molecular weight excluding hydrogens is 354 g/mol. The number of hydrogen-bond donors (Lipinski definition) is 0. The SMILES string of the molecule is C=Cc1cc(-c2cn3nc(CC)sc3n2)oc1C(=C)OCC(=O)OCC. The Morgan fingerprint density at radius 2 is 2.23 bits per heavy atom. The van der Waals surface area contributed by atoms with Crippen LogP contribution in [0.2, 0.25) is 0 Å². The number of aryl methyl sites for hydroxylation is 1. The maximum Gasteiger partial charge on any atom is 0.344 e. The summed E-state index contributed by atoms with van der Waals surface area (Å²) in [4.78, 5) is 16.8. The third kappa shape index (κ3) is 3.55. The molecule has 0 bridgehead atoms. The van der Waals surface area contributed by atoms with Crippen LogP contribution in [0, 0.1) is 0 Å². The van der Waals surface area contributed by atoms with Crippen molar-refractivity contribution in [2.75, 3.05) is 13.2 Å². The predicted octanol–water partition coefficient (Wildman–Crippen LogP) is 3.81. The fourth-order valence-electron chi connectivity index (χ4n) is 2.32. The monoisotopic (exact) mass is 373 g/mol. The number of nitrogens with zero attached hydrogens (tertiary/aromatic N) is 3. The highest BCUT2D eigenvalue weighted by molar-refractivity contribution is 7.16. The first-order valence-corrected chi connectivity index (χ1v) is 8.96. The summed E-state index contributed by atoms with van der Waals surface area (Å²) in [6.45, 7) is 11.4. The standard InChI is InChI=1S/C18H19N3O4S/c1-5-12-8-14(13-9-21-18(19-13)26-15(6-2)20-21)25-17(12)11(4)24-10-16(22)23-7-3/h5,8-9H,1,4,6-7,10H2,2-3H3. The second kappa shape index (κ2) is 7.57. The first-order chi connectivity index (χ1) is 12.5. The van der Waals surface area contributed by atoms with Gasteiger partial charge in [-0.1, -0.05) is 37.5 Å². The van der Waals surface area contributed by atoms with Gasteiger partial charge in [0.15, 0.2) is 23.9 Å². The Morgan fingerprint density at radius 1 is 1.42 bits per heavy atom. The van der Waals surface area contributed by atoms with Crippen molar-refractivity contribution in [1.29, 1.82) is 0 Å². The zero-order valence-electron chi connectivity index (χ0n) is 14.7. The van der Waals surface area contributed by atoms with Crippen LogP contribution in [0.4, 0.5) is 0 Å². The normalized spacial score (nSPS) is 10.8. The van der Waals surface area contributed by atoms with E-state index in [1.165, 1.54) is 11.3 Å². The second-order valence-corrected chi connectivity index (χ2v) is 6.36. The van der Waals surface area contributed by atoms with E-state index in [-0.39, 0.29) is 12.4 Å². The molecule has 3 aromatic heterocycles. The Labute approximate surface area is 154 Å². The van der Waals surface area contributed by atoms with Gasteiger partial charge >= 0.3 is 5.97 Å². The molecule has 0 aliphatic rings. The third-order valence-corrected chi connectivity index (χ3v) is 4.61. The number of rotatable bonds is 8. The molecule has 0 fully saturated rings. The minimum Gasteiger partial charge on any atom is -0.479 e. The quantitative estimate of drug-likeness (QED) is 0.441. The number of furan rings is 1. The molecule has 3 aromatic rings. The molecule has 136 valence electrons. The number of ether oxygens (including phenoxy) is 2. The average molecular weight is 373 g/mol. The highest BCUT2D eigenvalue weighted by atomic mass is 32.1. The highest BCUT2D eigenvalue weighted by Gasteiger charge is 2.18. The van der Waals surface area contributed by atoms with E-state index in [1.807, 2.05) is 6.20 Å². The maximum absolute atomic E-state index is 11.4. The van der Waals surface area contributed by atoms with E-state index in [0.29, 0.717) is 29.4 Å². The molecule has 26 heavy (non-hydrogen) atoms. The van der Waals surface area contributed by atoms with E-state index >= 15 is 0 Å². The predicted molar refractivity (Wildman–Crippen MR) is 99.7 cm³/mol. The van der Waals surface area contributed by atoms with E-state index in [0.717, 1.165) is 16.4 Å². The molecule has 3 heterocycles. The molecule has 0 spiro atoms. The van der Waals surface area contributed by atoms with E-state index in [4.69, 9.17) is 13.9 Å². The maximum atomic E-state index is 11.4. The highest BCUT2D eigenvalue weighted by Crippen LogP contribution is 2.31. The van der Waals surface area contributed by atoms with Crippen molar-refractivity contribution in [1.82, 2.24) is 14.6 Å². The Kier molecular flexibility index (Phi) is 5.22. The summed E-state index contributed by atoms with van der Waals surface area (Å²) < 4.78 is 17.8. The lowest BCUT2D eigenvalue weighted by molar-refractivity contribution is -0.146. The number of aromatic nitrogens is 3. The van der Waals surface area contributed by atoms with E-state index in [1.54, 1.807) is 23.6 Å². The van der Waals surface area contributed by atoms with Crippen molar-refractivity contribution >= 4 is 34.1 Å². The topological polar surface area (TPSA) is 78.9 Å². The van der Waals surface area contributed by atoms with Gasteiger partial charge in [0.25, 0.3) is 0 Å². The zero-order chi connectivity index (χ0) is 18.7. The third-order valence-electron chi connectivity index (χ3n) is 3.54. The van der Waals surface area contributed by atoms with Crippen LogP contribution >= 0.6 is 11.3 Å². The van der Waals surface area contributed by atoms with Gasteiger partial charge < -0.3 is 13.9 Å². The lowest BCUT2D eigenvalue weighted by Gasteiger charge is -2.07. The van der Waals surface area contributed by atoms with Gasteiger partial charge in [-0.15, -0.1) is 0 Å². The molecule has 0 saturated heterocycles. The van der Waals surface area contributed by atoms with Crippen LogP contribution in [-0.4, -0.2) is 33.8 Å². The van der Waals surface area contributed by atoms with Gasteiger partial charge in [0.05, 0.1) is 12.8 Å². The van der Waals surface area contributed by atoms with Gasteiger partial charge in [-0.2, -0.15) is 5.10 Å². The molecular formula is C18H19N3O4S. The molecule has 7 nitrogen and oxygen atoms in total. The van der Waals surface area contributed by atoms with Gasteiger partial charge in [-0.25, -0.2) is 14.3 Å². The summed E-state index contributed by atoms with van der Waals surface area (Å²) >= 11 is 1.54. The number of imidazole rings is 1. The van der Waals surface area contributed by atoms with Gasteiger partial charge in [0.2, 0.25) is 4.96 Å². The smallest absolute Gasteiger partial charge is 0.344 e. The lowest BCUT2D eigenvalue weighted by Crippen LogP contribution is -2.11. The Hall–Kier alpha value is -2.87. The Balaban J connectivity index is 1.82. The van der Waals surface area contributed by atoms with Crippen LogP contribution in [0.3, 0.4) is 0 Å². The molecule has 0 N–H and O–H groups in total. The fourth-order valence-corrected chi connectivity index (χ4v) is 3.13. The van der Waals surface area contributed by atoms with E-state index < -0.39 is 5.97 Å². The van der Waals surface area contributed by atoms with Crippen LogP contribution in [0.25, 0.3) is 28.3 Å². The molecule has 3 rings (SSSR count). The molecule has 0 atom stereocenters. The number of hydrogen-bond acceptors (Lipinski definition) is 7. The summed E-state index contributed by atoms with van der Waals surface area (Å²) in [6.07, 6.45) is 4.31. The van der Waals surface area contributed by atoms with Crippen molar-refractivity contribution < 1.29 is 18.7 Å². The van der Waals surface area contributed by atoms with Gasteiger partial charge in [-0.05, 0) is 19.4 Å². The summed E-state index contributed by atoms with van der Waals surface area (Å²) in [5.41, 5.74) is 1.35. The van der Waals surface area contributed by atoms with Crippen molar-refractivity contribution in [3.05, 3.63) is 41.8 Å². The molecule has 0 unspecified atom stereocenters. The van der Waals surface area contributed by atoms with Crippen LogP contribution in [0.1, 0.15) is 30.2 Å². The molecule has 0 aliphatic carbocycles. The molecule has 0 amide bonds. The molecule has 0 saturated carbocycles.